The maximum Gasteiger partial charge on any atom is 0.193 e. The van der Waals surface area contributed by atoms with Gasteiger partial charge in [0.05, 0.1) is 0 Å². The van der Waals surface area contributed by atoms with Crippen LogP contribution < -0.4 is 5.32 Å². The van der Waals surface area contributed by atoms with Gasteiger partial charge in [0, 0.05) is 33.1 Å². The zero-order chi connectivity index (χ0) is 13.7. The molecule has 0 atom stereocenters. The number of benzene rings is 1. The summed E-state index contributed by atoms with van der Waals surface area (Å²) in [4.78, 5) is 6.34. The first kappa shape index (κ1) is 13.9. The number of nitrogens with one attached hydrogen (secondary N) is 1. The standard InChI is InChI=1S/C16H25N3/c1-17-15(19(2)3)18-13-16(11-7-8-12-16)14-9-5-4-6-10-14/h4-6,9-10H,7-8,11-13H2,1-3H3,(H,17,18). The van der Waals surface area contributed by atoms with Crippen LogP contribution in [0.2, 0.25) is 0 Å². The molecule has 1 aromatic carbocycles. The van der Waals surface area contributed by atoms with Crippen LogP contribution in [0.25, 0.3) is 0 Å². The topological polar surface area (TPSA) is 27.6 Å². The normalized spacial score (nSPS) is 18.4. The van der Waals surface area contributed by atoms with Gasteiger partial charge in [-0.25, -0.2) is 0 Å². The second-order valence-electron chi connectivity index (χ2n) is 5.65. The fourth-order valence-electron chi connectivity index (χ4n) is 3.10. The molecule has 1 N–H and O–H groups in total. The molecule has 0 saturated heterocycles. The highest BCUT2D eigenvalue weighted by Gasteiger charge is 2.35. The van der Waals surface area contributed by atoms with E-state index in [1.165, 1.54) is 31.2 Å². The summed E-state index contributed by atoms with van der Waals surface area (Å²) >= 11 is 0. The van der Waals surface area contributed by atoms with E-state index in [4.69, 9.17) is 0 Å². The van der Waals surface area contributed by atoms with Gasteiger partial charge < -0.3 is 10.2 Å². The SMILES string of the molecule is CN=C(NCC1(c2ccccc2)CCCC1)N(C)C. The minimum atomic E-state index is 0.285. The Morgan fingerprint density at radius 2 is 1.84 bits per heavy atom. The molecule has 3 heteroatoms. The van der Waals surface area contributed by atoms with Crippen molar-refractivity contribution in [1.82, 2.24) is 10.2 Å². The molecule has 1 aromatic rings. The molecule has 0 unspecified atom stereocenters. The van der Waals surface area contributed by atoms with E-state index < -0.39 is 0 Å². The molecular weight excluding hydrogens is 234 g/mol. The van der Waals surface area contributed by atoms with E-state index in [1.807, 2.05) is 26.0 Å². The van der Waals surface area contributed by atoms with Gasteiger partial charge in [0.25, 0.3) is 0 Å². The molecule has 3 nitrogen and oxygen atoms in total. The maximum atomic E-state index is 4.30. The smallest absolute Gasteiger partial charge is 0.193 e. The third-order valence-electron chi connectivity index (χ3n) is 4.17. The molecule has 1 aliphatic rings. The van der Waals surface area contributed by atoms with Crippen LogP contribution in [-0.4, -0.2) is 38.5 Å². The Balaban J connectivity index is 2.13. The quantitative estimate of drug-likeness (QED) is 0.667. The Bertz CT molecular complexity index is 417. The van der Waals surface area contributed by atoms with Crippen molar-refractivity contribution in [2.24, 2.45) is 4.99 Å². The summed E-state index contributed by atoms with van der Waals surface area (Å²) in [7, 11) is 5.89. The van der Waals surface area contributed by atoms with E-state index in [-0.39, 0.29) is 5.41 Å². The molecule has 0 spiro atoms. The summed E-state index contributed by atoms with van der Waals surface area (Å²) in [6, 6.07) is 10.9. The average molecular weight is 259 g/mol. The van der Waals surface area contributed by atoms with Crippen molar-refractivity contribution >= 4 is 5.96 Å². The van der Waals surface area contributed by atoms with Gasteiger partial charge in [-0.2, -0.15) is 0 Å². The van der Waals surface area contributed by atoms with Gasteiger partial charge in [0.2, 0.25) is 0 Å². The Kier molecular flexibility index (Phi) is 4.46. The molecule has 1 aliphatic carbocycles. The fourth-order valence-corrected chi connectivity index (χ4v) is 3.10. The lowest BCUT2D eigenvalue weighted by molar-refractivity contribution is 0.423. The molecule has 0 aliphatic heterocycles. The first-order chi connectivity index (χ1) is 9.18. The lowest BCUT2D eigenvalue weighted by Crippen LogP contribution is -2.44. The number of nitrogens with zero attached hydrogens (tertiary/aromatic N) is 2. The monoisotopic (exact) mass is 259 g/mol. The van der Waals surface area contributed by atoms with Crippen molar-refractivity contribution in [3.8, 4) is 0 Å². The minimum absolute atomic E-state index is 0.285. The molecule has 2 rings (SSSR count). The lowest BCUT2D eigenvalue weighted by Gasteiger charge is -2.31. The third kappa shape index (κ3) is 3.09. The van der Waals surface area contributed by atoms with E-state index >= 15 is 0 Å². The van der Waals surface area contributed by atoms with Crippen LogP contribution in [0.15, 0.2) is 35.3 Å². The van der Waals surface area contributed by atoms with Gasteiger partial charge in [-0.1, -0.05) is 43.2 Å². The highest BCUT2D eigenvalue weighted by molar-refractivity contribution is 5.79. The van der Waals surface area contributed by atoms with Crippen LogP contribution in [0.5, 0.6) is 0 Å². The minimum Gasteiger partial charge on any atom is -0.355 e. The summed E-state index contributed by atoms with van der Waals surface area (Å²) in [5.74, 6) is 0.960. The number of hydrogen-bond donors (Lipinski definition) is 1. The van der Waals surface area contributed by atoms with Gasteiger partial charge >= 0.3 is 0 Å². The van der Waals surface area contributed by atoms with Gasteiger partial charge in [-0.15, -0.1) is 0 Å². The van der Waals surface area contributed by atoms with Crippen LogP contribution >= 0.6 is 0 Å². The first-order valence-electron chi connectivity index (χ1n) is 7.11. The number of guanidine groups is 1. The average Bonchev–Trinajstić information content (AvgIpc) is 2.90. The highest BCUT2D eigenvalue weighted by atomic mass is 15.3. The van der Waals surface area contributed by atoms with Gasteiger partial charge in [-0.05, 0) is 18.4 Å². The number of rotatable bonds is 3. The molecule has 19 heavy (non-hydrogen) atoms. The predicted molar refractivity (Wildman–Crippen MR) is 81.6 cm³/mol. The van der Waals surface area contributed by atoms with Gasteiger partial charge in [-0.3, -0.25) is 4.99 Å². The molecule has 1 fully saturated rings. The molecular formula is C16H25N3. The zero-order valence-electron chi connectivity index (χ0n) is 12.3. The van der Waals surface area contributed by atoms with E-state index in [2.05, 4.69) is 40.6 Å². The Hall–Kier alpha value is -1.51. The van der Waals surface area contributed by atoms with Gasteiger partial charge in [0.15, 0.2) is 5.96 Å². The van der Waals surface area contributed by atoms with Crippen molar-refractivity contribution in [2.45, 2.75) is 31.1 Å². The van der Waals surface area contributed by atoms with Crippen molar-refractivity contribution < 1.29 is 0 Å². The van der Waals surface area contributed by atoms with E-state index in [0.717, 1.165) is 12.5 Å². The van der Waals surface area contributed by atoms with Crippen LogP contribution in [0.3, 0.4) is 0 Å². The molecule has 1 saturated carbocycles. The highest BCUT2D eigenvalue weighted by Crippen LogP contribution is 2.40. The number of aliphatic imine (C=N–C) groups is 1. The van der Waals surface area contributed by atoms with Crippen molar-refractivity contribution in [3.63, 3.8) is 0 Å². The van der Waals surface area contributed by atoms with Crippen molar-refractivity contribution in [1.29, 1.82) is 0 Å². The van der Waals surface area contributed by atoms with Crippen molar-refractivity contribution in [2.75, 3.05) is 27.7 Å². The van der Waals surface area contributed by atoms with Crippen molar-refractivity contribution in [3.05, 3.63) is 35.9 Å². The summed E-state index contributed by atoms with van der Waals surface area (Å²) in [5, 5.41) is 3.53. The molecule has 0 amide bonds. The van der Waals surface area contributed by atoms with E-state index in [9.17, 15) is 0 Å². The summed E-state index contributed by atoms with van der Waals surface area (Å²) in [6.07, 6.45) is 5.21. The largest absolute Gasteiger partial charge is 0.355 e. The summed E-state index contributed by atoms with van der Waals surface area (Å²) in [6.45, 7) is 0.974. The zero-order valence-corrected chi connectivity index (χ0v) is 12.3. The summed E-state index contributed by atoms with van der Waals surface area (Å²) in [5.41, 5.74) is 1.75. The molecule has 104 valence electrons. The van der Waals surface area contributed by atoms with E-state index in [1.54, 1.807) is 0 Å². The Labute approximate surface area is 116 Å². The van der Waals surface area contributed by atoms with Crippen LogP contribution in [-0.2, 0) is 5.41 Å². The first-order valence-corrected chi connectivity index (χ1v) is 7.11. The molecule has 0 aromatic heterocycles. The molecule has 0 heterocycles. The van der Waals surface area contributed by atoms with Crippen LogP contribution in [0.4, 0.5) is 0 Å². The van der Waals surface area contributed by atoms with Crippen LogP contribution in [0, 0.1) is 0 Å². The van der Waals surface area contributed by atoms with E-state index in [0.29, 0.717) is 0 Å². The number of hydrogen-bond acceptors (Lipinski definition) is 1. The summed E-state index contributed by atoms with van der Waals surface area (Å²) < 4.78 is 0. The maximum absolute atomic E-state index is 4.30. The predicted octanol–water partition coefficient (Wildman–Crippen LogP) is 2.64. The van der Waals surface area contributed by atoms with Crippen LogP contribution in [0.1, 0.15) is 31.2 Å². The third-order valence-corrected chi connectivity index (χ3v) is 4.17. The lowest BCUT2D eigenvalue weighted by atomic mass is 9.79. The van der Waals surface area contributed by atoms with Gasteiger partial charge in [0.1, 0.15) is 0 Å². The second-order valence-corrected chi connectivity index (χ2v) is 5.65. The Morgan fingerprint density at radius 3 is 2.37 bits per heavy atom. The second kappa shape index (κ2) is 6.09. The Morgan fingerprint density at radius 1 is 1.21 bits per heavy atom. The molecule has 0 radical (unpaired) electrons. The fraction of sp³-hybridized carbons (Fsp3) is 0.562. The molecule has 0 bridgehead atoms.